The van der Waals surface area contributed by atoms with Gasteiger partial charge in [-0.15, -0.1) is 0 Å². The highest BCUT2D eigenvalue weighted by Gasteiger charge is 2.31. The number of nitrogens with two attached hydrogens (primary N) is 1. The lowest BCUT2D eigenvalue weighted by atomic mass is 10.1. The molecule has 3 rings (SSSR count). The maximum atomic E-state index is 12.7. The van der Waals surface area contributed by atoms with Crippen LogP contribution in [-0.4, -0.2) is 32.4 Å². The molecule has 112 valence electrons. The van der Waals surface area contributed by atoms with Gasteiger partial charge >= 0.3 is 0 Å². The number of hydrogen-bond acceptors (Lipinski definition) is 3. The molecule has 2 aromatic rings. The van der Waals surface area contributed by atoms with E-state index in [0.717, 1.165) is 21.7 Å². The number of nitrogens with zero attached hydrogens (tertiary/aromatic N) is 1. The molecule has 2 aromatic carbocycles. The fourth-order valence-electron chi connectivity index (χ4n) is 2.71. The van der Waals surface area contributed by atoms with Crippen LogP contribution < -0.4 is 5.73 Å². The van der Waals surface area contributed by atoms with E-state index in [1.165, 1.54) is 0 Å². The van der Waals surface area contributed by atoms with E-state index in [1.807, 2.05) is 24.3 Å². The molecule has 1 heterocycles. The Bertz CT molecular complexity index is 776. The van der Waals surface area contributed by atoms with Crippen molar-refractivity contribution in [1.82, 2.24) is 4.31 Å². The van der Waals surface area contributed by atoms with Crippen LogP contribution in [-0.2, 0) is 10.0 Å². The van der Waals surface area contributed by atoms with Crippen LogP contribution in [0.15, 0.2) is 45.8 Å². The van der Waals surface area contributed by atoms with Crippen molar-refractivity contribution in [3.05, 3.63) is 40.9 Å². The van der Waals surface area contributed by atoms with E-state index in [-0.39, 0.29) is 5.92 Å². The quantitative estimate of drug-likeness (QED) is 0.905. The highest BCUT2D eigenvalue weighted by Crippen LogP contribution is 2.27. The van der Waals surface area contributed by atoms with Crippen LogP contribution in [0.4, 0.5) is 0 Å². The molecule has 0 radical (unpaired) electrons. The molecule has 0 aliphatic carbocycles. The summed E-state index contributed by atoms with van der Waals surface area (Å²) in [7, 11) is -3.42. The molecular weight excluding hydrogens is 352 g/mol. The van der Waals surface area contributed by atoms with Gasteiger partial charge in [0.15, 0.2) is 0 Å². The zero-order valence-electron chi connectivity index (χ0n) is 11.5. The van der Waals surface area contributed by atoms with Crippen LogP contribution in [0, 0.1) is 5.92 Å². The second-order valence-corrected chi connectivity index (χ2v) is 8.26. The normalized spacial score (nSPS) is 20.2. The Balaban J connectivity index is 1.97. The summed E-state index contributed by atoms with van der Waals surface area (Å²) in [4.78, 5) is 0.356. The molecule has 1 saturated heterocycles. The first-order valence-electron chi connectivity index (χ1n) is 6.90. The fourth-order valence-corrected chi connectivity index (χ4v) is 4.66. The number of benzene rings is 2. The minimum atomic E-state index is -3.42. The fraction of sp³-hybridized carbons (Fsp3) is 0.333. The Morgan fingerprint density at radius 2 is 1.90 bits per heavy atom. The van der Waals surface area contributed by atoms with Crippen molar-refractivity contribution in [1.29, 1.82) is 0 Å². The van der Waals surface area contributed by atoms with E-state index in [2.05, 4.69) is 15.9 Å². The SMILES string of the molecule is NCC1CCN(S(=O)(=O)c2ccc3cc(Br)ccc3c2)C1. The Morgan fingerprint density at radius 1 is 1.19 bits per heavy atom. The lowest BCUT2D eigenvalue weighted by Gasteiger charge is -2.16. The minimum Gasteiger partial charge on any atom is -0.330 e. The monoisotopic (exact) mass is 368 g/mol. The Labute approximate surface area is 133 Å². The summed E-state index contributed by atoms with van der Waals surface area (Å²) in [5, 5.41) is 1.94. The third-order valence-corrected chi connectivity index (χ3v) is 6.35. The van der Waals surface area contributed by atoms with Crippen molar-refractivity contribution in [3.63, 3.8) is 0 Å². The van der Waals surface area contributed by atoms with E-state index in [0.29, 0.717) is 24.5 Å². The van der Waals surface area contributed by atoms with E-state index in [1.54, 1.807) is 16.4 Å². The van der Waals surface area contributed by atoms with Crippen molar-refractivity contribution in [2.75, 3.05) is 19.6 Å². The van der Waals surface area contributed by atoms with E-state index in [4.69, 9.17) is 5.73 Å². The Morgan fingerprint density at radius 3 is 2.62 bits per heavy atom. The highest BCUT2D eigenvalue weighted by atomic mass is 79.9. The van der Waals surface area contributed by atoms with Gasteiger partial charge in [0.2, 0.25) is 10.0 Å². The minimum absolute atomic E-state index is 0.274. The molecule has 0 amide bonds. The molecule has 1 aliphatic rings. The van der Waals surface area contributed by atoms with E-state index < -0.39 is 10.0 Å². The summed E-state index contributed by atoms with van der Waals surface area (Å²) >= 11 is 3.42. The lowest BCUT2D eigenvalue weighted by Crippen LogP contribution is -2.30. The van der Waals surface area contributed by atoms with Gasteiger partial charge in [-0.3, -0.25) is 0 Å². The second-order valence-electron chi connectivity index (χ2n) is 5.41. The first-order valence-corrected chi connectivity index (χ1v) is 9.13. The highest BCUT2D eigenvalue weighted by molar-refractivity contribution is 9.10. The van der Waals surface area contributed by atoms with Gasteiger partial charge in [-0.25, -0.2) is 8.42 Å². The van der Waals surface area contributed by atoms with Gasteiger partial charge in [-0.1, -0.05) is 28.1 Å². The summed E-state index contributed by atoms with van der Waals surface area (Å²) in [5.74, 6) is 0.274. The molecule has 0 bridgehead atoms. The maximum absolute atomic E-state index is 12.7. The average Bonchev–Trinajstić information content (AvgIpc) is 2.96. The summed E-state index contributed by atoms with van der Waals surface area (Å²) in [6, 6.07) is 11.1. The Kier molecular flexibility index (Phi) is 4.05. The molecule has 0 saturated carbocycles. The van der Waals surface area contributed by atoms with Gasteiger partial charge in [0, 0.05) is 17.6 Å². The molecule has 0 aromatic heterocycles. The summed E-state index contributed by atoms with van der Waals surface area (Å²) in [5.41, 5.74) is 5.64. The maximum Gasteiger partial charge on any atom is 0.243 e. The molecule has 1 atom stereocenters. The van der Waals surface area contributed by atoms with Crippen molar-refractivity contribution in [3.8, 4) is 0 Å². The van der Waals surface area contributed by atoms with Crippen molar-refractivity contribution < 1.29 is 8.42 Å². The summed E-state index contributed by atoms with van der Waals surface area (Å²) in [6.45, 7) is 1.62. The van der Waals surface area contributed by atoms with Crippen LogP contribution in [0.2, 0.25) is 0 Å². The standard InChI is InChI=1S/C15H17BrN2O2S/c16-14-3-1-13-8-15(4-2-12(13)7-14)21(19,20)18-6-5-11(9-17)10-18/h1-4,7-8,11H,5-6,9-10,17H2. The van der Waals surface area contributed by atoms with Gasteiger partial charge in [0.05, 0.1) is 4.90 Å². The van der Waals surface area contributed by atoms with Gasteiger partial charge in [-0.2, -0.15) is 4.31 Å². The smallest absolute Gasteiger partial charge is 0.243 e. The molecule has 2 N–H and O–H groups in total. The Hall–Kier alpha value is -0.950. The number of halogens is 1. The van der Waals surface area contributed by atoms with Crippen molar-refractivity contribution >= 4 is 36.7 Å². The zero-order chi connectivity index (χ0) is 15.0. The van der Waals surface area contributed by atoms with Crippen molar-refractivity contribution in [2.24, 2.45) is 11.7 Å². The number of hydrogen-bond donors (Lipinski definition) is 1. The molecular formula is C15H17BrN2O2S. The van der Waals surface area contributed by atoms with Crippen molar-refractivity contribution in [2.45, 2.75) is 11.3 Å². The molecule has 0 spiro atoms. The molecule has 1 unspecified atom stereocenters. The molecule has 21 heavy (non-hydrogen) atoms. The predicted octanol–water partition coefficient (Wildman–Crippen LogP) is 2.57. The van der Waals surface area contributed by atoms with E-state index >= 15 is 0 Å². The largest absolute Gasteiger partial charge is 0.330 e. The molecule has 1 aliphatic heterocycles. The van der Waals surface area contributed by atoms with Crippen LogP contribution in [0.3, 0.4) is 0 Å². The van der Waals surface area contributed by atoms with Crippen LogP contribution in [0.5, 0.6) is 0 Å². The molecule has 6 heteroatoms. The predicted molar refractivity (Wildman–Crippen MR) is 87.6 cm³/mol. The van der Waals surface area contributed by atoms with E-state index in [9.17, 15) is 8.42 Å². The lowest BCUT2D eigenvalue weighted by molar-refractivity contribution is 0.459. The first-order chi connectivity index (χ1) is 10.0. The third kappa shape index (κ3) is 2.85. The average molecular weight is 369 g/mol. The third-order valence-electron chi connectivity index (χ3n) is 3.99. The van der Waals surface area contributed by atoms with Gasteiger partial charge < -0.3 is 5.73 Å². The topological polar surface area (TPSA) is 63.4 Å². The van der Waals surface area contributed by atoms with Gasteiger partial charge in [0.1, 0.15) is 0 Å². The zero-order valence-corrected chi connectivity index (χ0v) is 13.9. The number of fused-ring (bicyclic) bond motifs is 1. The number of rotatable bonds is 3. The summed E-state index contributed by atoms with van der Waals surface area (Å²) in [6.07, 6.45) is 0.844. The van der Waals surface area contributed by atoms with Gasteiger partial charge in [-0.05, 0) is 53.9 Å². The van der Waals surface area contributed by atoms with Gasteiger partial charge in [0.25, 0.3) is 0 Å². The number of sulfonamides is 1. The first kappa shape index (κ1) is 15.0. The molecule has 1 fully saturated rings. The molecule has 4 nitrogen and oxygen atoms in total. The summed E-state index contributed by atoms with van der Waals surface area (Å²) < 4.78 is 27.9. The van der Waals surface area contributed by atoms with Crippen LogP contribution >= 0.6 is 15.9 Å². The second kappa shape index (κ2) is 5.68. The van der Waals surface area contributed by atoms with Crippen LogP contribution in [0.25, 0.3) is 10.8 Å². The van der Waals surface area contributed by atoms with Crippen LogP contribution in [0.1, 0.15) is 6.42 Å².